The molecule has 0 N–H and O–H groups in total. The van der Waals surface area contributed by atoms with Gasteiger partial charge in [-0.1, -0.05) is 105 Å². The molecular weight excluding hydrogens is 203 g/mol. The summed E-state index contributed by atoms with van der Waals surface area (Å²) in [7, 11) is 2.00. The van der Waals surface area contributed by atoms with E-state index in [-0.39, 0.29) is 0 Å². The minimum atomic E-state index is 2.00. The van der Waals surface area contributed by atoms with Crippen LogP contribution in [-0.4, -0.2) is 7.28 Å². The van der Waals surface area contributed by atoms with Gasteiger partial charge in [-0.05, 0) is 0 Å². The van der Waals surface area contributed by atoms with Crippen LogP contribution < -0.4 is 0 Å². The van der Waals surface area contributed by atoms with Crippen molar-refractivity contribution < 1.29 is 0 Å². The average Bonchev–Trinajstić information content (AvgIpc) is 2.50. The van der Waals surface area contributed by atoms with E-state index < -0.39 is 0 Å². The molecular formula is C16H36B. The number of hydrogen-bond donors (Lipinski definition) is 0. The number of rotatable bonds is 0. The molecule has 0 bridgehead atoms. The zero-order valence-corrected chi connectivity index (χ0v) is 14.0. The first-order chi connectivity index (χ1) is 8.41. The van der Waals surface area contributed by atoms with Crippen molar-refractivity contribution in [3.05, 3.63) is 36.4 Å². The van der Waals surface area contributed by atoms with Crippen molar-refractivity contribution in [3.8, 4) is 0 Å². The Labute approximate surface area is 113 Å². The van der Waals surface area contributed by atoms with E-state index >= 15 is 0 Å². The van der Waals surface area contributed by atoms with E-state index in [9.17, 15) is 0 Å². The van der Waals surface area contributed by atoms with Crippen molar-refractivity contribution in [2.24, 2.45) is 0 Å². The summed E-state index contributed by atoms with van der Waals surface area (Å²) in [6, 6.07) is 12.0. The van der Waals surface area contributed by atoms with E-state index in [0.29, 0.717) is 0 Å². The molecule has 0 saturated carbocycles. The molecule has 1 radical (unpaired) electrons. The van der Waals surface area contributed by atoms with Crippen molar-refractivity contribution in [2.45, 2.75) is 69.0 Å². The second kappa shape index (κ2) is 79.0. The fourth-order valence-electron chi connectivity index (χ4n) is 0.385. The Bertz CT molecular complexity index is 88.4. The molecule has 1 rings (SSSR count). The largest absolute Gasteiger partial charge is 0.102 e. The highest BCUT2D eigenvalue weighted by molar-refractivity contribution is 6.31. The number of benzene rings is 1. The maximum atomic E-state index is 2.00. The van der Waals surface area contributed by atoms with E-state index in [1.54, 1.807) is 0 Å². The highest BCUT2D eigenvalue weighted by Crippen LogP contribution is 1.79. The molecule has 0 atom stereocenters. The maximum absolute atomic E-state index is 2.00. The normalized spacial score (nSPS) is 5.06. The maximum Gasteiger partial charge on any atom is 0.102 e. The summed E-state index contributed by atoms with van der Waals surface area (Å²) >= 11 is 0. The molecule has 1 aromatic carbocycles. The molecule has 0 nitrogen and oxygen atoms in total. The third kappa shape index (κ3) is 96.6. The summed E-state index contributed by atoms with van der Waals surface area (Å²) in [5.41, 5.74) is 0. The highest BCUT2D eigenvalue weighted by Gasteiger charge is 1.57. The second-order valence-corrected chi connectivity index (χ2v) is 1.73. The third-order valence-electron chi connectivity index (χ3n) is 0.667. The predicted molar refractivity (Wildman–Crippen MR) is 89.3 cm³/mol. The van der Waals surface area contributed by atoms with Crippen LogP contribution in [0, 0.1) is 0 Å². The van der Waals surface area contributed by atoms with Crippen LogP contribution in [0.15, 0.2) is 36.4 Å². The zero-order valence-electron chi connectivity index (χ0n) is 14.0. The molecule has 0 aliphatic carbocycles. The SMILES string of the molecule is CC.CC.CC.CC.C[B]C.c1ccccc1. The Morgan fingerprint density at radius 1 is 0.412 bits per heavy atom. The summed E-state index contributed by atoms with van der Waals surface area (Å²) in [4.78, 5) is 0. The van der Waals surface area contributed by atoms with Gasteiger partial charge in [-0.2, -0.15) is 0 Å². The monoisotopic (exact) mass is 239 g/mol. The molecule has 1 aromatic rings. The van der Waals surface area contributed by atoms with Crippen LogP contribution in [0.25, 0.3) is 0 Å². The molecule has 0 aliphatic rings. The lowest BCUT2D eigenvalue weighted by molar-refractivity contribution is 1.50. The Morgan fingerprint density at radius 2 is 0.471 bits per heavy atom. The van der Waals surface area contributed by atoms with Gasteiger partial charge in [0.1, 0.15) is 7.28 Å². The molecule has 0 fully saturated rings. The Hall–Kier alpha value is -0.715. The lowest BCUT2D eigenvalue weighted by Crippen LogP contribution is -1.53. The molecule has 0 aliphatic heterocycles. The van der Waals surface area contributed by atoms with E-state index in [2.05, 4.69) is 0 Å². The van der Waals surface area contributed by atoms with Gasteiger partial charge in [0.05, 0.1) is 0 Å². The van der Waals surface area contributed by atoms with Gasteiger partial charge in [-0.25, -0.2) is 0 Å². The minimum absolute atomic E-state index is 2.00. The van der Waals surface area contributed by atoms with Crippen LogP contribution in [0.4, 0.5) is 0 Å². The molecule has 0 aromatic heterocycles. The molecule has 0 amide bonds. The predicted octanol–water partition coefficient (Wildman–Crippen LogP) is 6.58. The lowest BCUT2D eigenvalue weighted by Gasteiger charge is -1.69. The van der Waals surface area contributed by atoms with E-state index in [4.69, 9.17) is 0 Å². The minimum Gasteiger partial charge on any atom is -0.0922 e. The van der Waals surface area contributed by atoms with Gasteiger partial charge in [0.2, 0.25) is 0 Å². The van der Waals surface area contributed by atoms with Crippen LogP contribution in [0.1, 0.15) is 55.4 Å². The molecule has 0 saturated heterocycles. The summed E-state index contributed by atoms with van der Waals surface area (Å²) in [5, 5.41) is 0. The van der Waals surface area contributed by atoms with Crippen molar-refractivity contribution in [2.75, 3.05) is 0 Å². The van der Waals surface area contributed by atoms with Gasteiger partial charge in [0.25, 0.3) is 0 Å². The average molecular weight is 239 g/mol. The summed E-state index contributed by atoms with van der Waals surface area (Å²) < 4.78 is 0. The highest BCUT2D eigenvalue weighted by atomic mass is 13.6. The summed E-state index contributed by atoms with van der Waals surface area (Å²) in [6.45, 7) is 20.0. The summed E-state index contributed by atoms with van der Waals surface area (Å²) in [6.07, 6.45) is 0. The second-order valence-electron chi connectivity index (χ2n) is 1.73. The van der Waals surface area contributed by atoms with Crippen LogP contribution in [0.3, 0.4) is 0 Å². The van der Waals surface area contributed by atoms with Crippen molar-refractivity contribution in [1.82, 2.24) is 0 Å². The van der Waals surface area contributed by atoms with Crippen molar-refractivity contribution in [3.63, 3.8) is 0 Å². The van der Waals surface area contributed by atoms with Crippen LogP contribution in [-0.2, 0) is 0 Å². The van der Waals surface area contributed by atoms with Crippen molar-refractivity contribution >= 4 is 7.28 Å². The van der Waals surface area contributed by atoms with Gasteiger partial charge >= 0.3 is 0 Å². The fourth-order valence-corrected chi connectivity index (χ4v) is 0.385. The first-order valence-electron chi connectivity index (χ1n) is 7.15. The molecule has 0 spiro atoms. The van der Waals surface area contributed by atoms with Crippen molar-refractivity contribution in [1.29, 1.82) is 0 Å². The number of hydrogen-bond acceptors (Lipinski definition) is 0. The standard InChI is InChI=1S/C6H6.C2H6B.4C2H6/c1-2-4-6-5-3-1;1-3-2;4*1-2/h1-6H;1-2H3;4*1-2H3. The van der Waals surface area contributed by atoms with Crippen LogP contribution >= 0.6 is 0 Å². The Morgan fingerprint density at radius 3 is 0.529 bits per heavy atom. The first kappa shape index (κ1) is 29.9. The van der Waals surface area contributed by atoms with Gasteiger partial charge in [0.15, 0.2) is 0 Å². The molecule has 1 heteroatoms. The van der Waals surface area contributed by atoms with Crippen LogP contribution in [0.5, 0.6) is 0 Å². The van der Waals surface area contributed by atoms with Gasteiger partial charge in [-0.15, -0.1) is 0 Å². The fraction of sp³-hybridized carbons (Fsp3) is 0.625. The summed E-state index contributed by atoms with van der Waals surface area (Å²) in [5.74, 6) is 0. The van der Waals surface area contributed by atoms with E-state index in [0.717, 1.165) is 0 Å². The van der Waals surface area contributed by atoms with Crippen LogP contribution in [0.2, 0.25) is 13.6 Å². The molecule has 17 heavy (non-hydrogen) atoms. The van der Waals surface area contributed by atoms with Gasteiger partial charge < -0.3 is 0 Å². The zero-order chi connectivity index (χ0) is 14.9. The smallest absolute Gasteiger partial charge is 0.0922 e. The molecule has 0 unspecified atom stereocenters. The topological polar surface area (TPSA) is 0 Å². The van der Waals surface area contributed by atoms with Gasteiger partial charge in [-0.3, -0.25) is 0 Å². The Balaban J connectivity index is -0.0000000382. The Kier molecular flexibility index (Phi) is 139. The first-order valence-corrected chi connectivity index (χ1v) is 7.15. The van der Waals surface area contributed by atoms with Gasteiger partial charge in [0, 0.05) is 0 Å². The van der Waals surface area contributed by atoms with E-state index in [1.165, 1.54) is 0 Å². The molecule has 0 heterocycles. The van der Waals surface area contributed by atoms with E-state index in [1.807, 2.05) is 113 Å². The quantitative estimate of drug-likeness (QED) is 0.448. The lowest BCUT2D eigenvalue weighted by atomic mass is 9.88. The third-order valence-corrected chi connectivity index (χ3v) is 0.667. The molecule has 103 valence electrons.